The molecule has 0 spiro atoms. The summed E-state index contributed by atoms with van der Waals surface area (Å²) >= 11 is 0. The summed E-state index contributed by atoms with van der Waals surface area (Å²) in [4.78, 5) is 0. The van der Waals surface area contributed by atoms with E-state index >= 15 is 0 Å². The van der Waals surface area contributed by atoms with E-state index in [0.717, 1.165) is 0 Å². The van der Waals surface area contributed by atoms with Crippen LogP contribution in [-0.2, 0) is 12.8 Å². The highest BCUT2D eigenvalue weighted by atomic mass is 14.2. The molecule has 0 N–H and O–H groups in total. The Morgan fingerprint density at radius 1 is 0.750 bits per heavy atom. The van der Waals surface area contributed by atoms with Gasteiger partial charge in [-0.2, -0.15) is 0 Å². The van der Waals surface area contributed by atoms with Crippen molar-refractivity contribution >= 4 is 0 Å². The standard InChI is InChI=1S/C16H16/c1-12-15-8-4-2-6-13(15)10-11-14-7-3-5-9-16(12)14/h2-9,12H,10-11H2,1H3. The number of rotatable bonds is 0. The lowest BCUT2D eigenvalue weighted by Crippen LogP contribution is -1.98. The van der Waals surface area contributed by atoms with E-state index in [-0.39, 0.29) is 0 Å². The molecule has 3 rings (SSSR count). The average molecular weight is 208 g/mol. The van der Waals surface area contributed by atoms with E-state index in [4.69, 9.17) is 0 Å². The Balaban J connectivity index is 2.18. The fraction of sp³-hybridized carbons (Fsp3) is 0.250. The molecule has 0 radical (unpaired) electrons. The molecule has 0 unspecified atom stereocenters. The SMILES string of the molecule is CC1c2ccccc2CCc2ccccc21. The molecular weight excluding hydrogens is 192 g/mol. The molecule has 0 fully saturated rings. The zero-order chi connectivity index (χ0) is 11.0. The lowest BCUT2D eigenvalue weighted by Gasteiger charge is -2.14. The minimum atomic E-state index is 0.537. The van der Waals surface area contributed by atoms with E-state index < -0.39 is 0 Å². The van der Waals surface area contributed by atoms with E-state index in [1.807, 2.05) is 0 Å². The molecule has 0 saturated carbocycles. The van der Waals surface area contributed by atoms with Gasteiger partial charge in [-0.15, -0.1) is 0 Å². The topological polar surface area (TPSA) is 0 Å². The first-order valence-corrected chi connectivity index (χ1v) is 6.02. The molecule has 2 aromatic carbocycles. The van der Waals surface area contributed by atoms with Crippen LogP contribution in [0.3, 0.4) is 0 Å². The zero-order valence-corrected chi connectivity index (χ0v) is 9.61. The predicted molar refractivity (Wildman–Crippen MR) is 67.8 cm³/mol. The van der Waals surface area contributed by atoms with Gasteiger partial charge in [0.05, 0.1) is 0 Å². The van der Waals surface area contributed by atoms with Crippen LogP contribution in [0.1, 0.15) is 35.1 Å². The van der Waals surface area contributed by atoms with Gasteiger partial charge in [-0.25, -0.2) is 0 Å². The number of hydrogen-bond acceptors (Lipinski definition) is 0. The van der Waals surface area contributed by atoms with Gasteiger partial charge in [-0.1, -0.05) is 55.5 Å². The van der Waals surface area contributed by atoms with Crippen molar-refractivity contribution in [1.29, 1.82) is 0 Å². The lowest BCUT2D eigenvalue weighted by molar-refractivity contribution is 0.913. The van der Waals surface area contributed by atoms with Crippen molar-refractivity contribution in [2.45, 2.75) is 25.7 Å². The van der Waals surface area contributed by atoms with Gasteiger partial charge in [0, 0.05) is 5.92 Å². The molecule has 1 aliphatic carbocycles. The van der Waals surface area contributed by atoms with Crippen molar-refractivity contribution < 1.29 is 0 Å². The van der Waals surface area contributed by atoms with Crippen LogP contribution in [0.5, 0.6) is 0 Å². The summed E-state index contributed by atoms with van der Waals surface area (Å²) in [7, 11) is 0. The summed E-state index contributed by atoms with van der Waals surface area (Å²) in [6.45, 7) is 2.32. The molecule has 0 heteroatoms. The lowest BCUT2D eigenvalue weighted by atomic mass is 9.90. The second kappa shape index (κ2) is 3.79. The van der Waals surface area contributed by atoms with Gasteiger partial charge in [0.15, 0.2) is 0 Å². The van der Waals surface area contributed by atoms with Gasteiger partial charge in [0.2, 0.25) is 0 Å². The average Bonchev–Trinajstić information content (AvgIpc) is 2.49. The molecule has 0 nitrogen and oxygen atoms in total. The Morgan fingerprint density at radius 3 is 1.69 bits per heavy atom. The smallest absolute Gasteiger partial charge is 0.00664 e. The second-order valence-corrected chi connectivity index (χ2v) is 4.62. The van der Waals surface area contributed by atoms with E-state index in [1.54, 1.807) is 0 Å². The van der Waals surface area contributed by atoms with Crippen LogP contribution in [0, 0.1) is 0 Å². The van der Waals surface area contributed by atoms with Crippen molar-refractivity contribution in [3.63, 3.8) is 0 Å². The summed E-state index contributed by atoms with van der Waals surface area (Å²) in [6.07, 6.45) is 2.36. The third-order valence-corrected chi connectivity index (χ3v) is 3.71. The molecule has 2 aromatic rings. The number of aryl methyl sites for hydroxylation is 2. The van der Waals surface area contributed by atoms with E-state index in [0.29, 0.717) is 5.92 Å². The quantitative estimate of drug-likeness (QED) is 0.615. The first kappa shape index (κ1) is 9.65. The molecule has 0 saturated heterocycles. The molecule has 80 valence electrons. The Morgan fingerprint density at radius 2 is 1.19 bits per heavy atom. The first-order chi connectivity index (χ1) is 7.86. The molecule has 16 heavy (non-hydrogen) atoms. The van der Waals surface area contributed by atoms with Crippen LogP contribution in [-0.4, -0.2) is 0 Å². The van der Waals surface area contributed by atoms with Crippen molar-refractivity contribution in [2.24, 2.45) is 0 Å². The van der Waals surface area contributed by atoms with E-state index in [9.17, 15) is 0 Å². The highest BCUT2D eigenvalue weighted by Crippen LogP contribution is 2.33. The fourth-order valence-corrected chi connectivity index (χ4v) is 2.81. The van der Waals surface area contributed by atoms with Gasteiger partial charge in [0.25, 0.3) is 0 Å². The van der Waals surface area contributed by atoms with Crippen LogP contribution in [0.4, 0.5) is 0 Å². The maximum absolute atomic E-state index is 2.32. The zero-order valence-electron chi connectivity index (χ0n) is 9.61. The first-order valence-electron chi connectivity index (χ1n) is 6.02. The van der Waals surface area contributed by atoms with E-state index in [2.05, 4.69) is 55.5 Å². The second-order valence-electron chi connectivity index (χ2n) is 4.62. The van der Waals surface area contributed by atoms with Gasteiger partial charge >= 0.3 is 0 Å². The third-order valence-electron chi connectivity index (χ3n) is 3.71. The van der Waals surface area contributed by atoms with Crippen molar-refractivity contribution in [3.8, 4) is 0 Å². The van der Waals surface area contributed by atoms with Crippen LogP contribution in [0.2, 0.25) is 0 Å². The Bertz CT molecular complexity index is 463. The molecule has 0 bridgehead atoms. The predicted octanol–water partition coefficient (Wildman–Crippen LogP) is 3.94. The number of hydrogen-bond donors (Lipinski definition) is 0. The van der Waals surface area contributed by atoms with Crippen molar-refractivity contribution in [3.05, 3.63) is 70.8 Å². The number of fused-ring (bicyclic) bond motifs is 2. The summed E-state index contributed by atoms with van der Waals surface area (Å²) in [6, 6.07) is 17.7. The van der Waals surface area contributed by atoms with Gasteiger partial charge < -0.3 is 0 Å². The Labute approximate surface area is 96.9 Å². The summed E-state index contributed by atoms with van der Waals surface area (Å²) in [5, 5.41) is 0. The molecule has 0 atom stereocenters. The minimum absolute atomic E-state index is 0.537. The van der Waals surface area contributed by atoms with Crippen molar-refractivity contribution in [1.82, 2.24) is 0 Å². The summed E-state index contributed by atoms with van der Waals surface area (Å²) in [5.41, 5.74) is 6.05. The van der Waals surface area contributed by atoms with E-state index in [1.165, 1.54) is 35.1 Å². The van der Waals surface area contributed by atoms with Gasteiger partial charge in [-0.05, 0) is 35.1 Å². The Hall–Kier alpha value is -1.56. The van der Waals surface area contributed by atoms with Gasteiger partial charge in [-0.3, -0.25) is 0 Å². The van der Waals surface area contributed by atoms with Crippen LogP contribution < -0.4 is 0 Å². The summed E-state index contributed by atoms with van der Waals surface area (Å²) < 4.78 is 0. The fourth-order valence-electron chi connectivity index (χ4n) is 2.81. The van der Waals surface area contributed by atoms with Crippen LogP contribution in [0.15, 0.2) is 48.5 Å². The maximum Gasteiger partial charge on any atom is 0.00664 e. The molecule has 0 aromatic heterocycles. The molecule has 0 aliphatic heterocycles. The Kier molecular flexibility index (Phi) is 2.28. The summed E-state index contributed by atoms with van der Waals surface area (Å²) in [5.74, 6) is 0.537. The largest absolute Gasteiger partial charge is 0.0620 e. The highest BCUT2D eigenvalue weighted by Gasteiger charge is 2.18. The molecular formula is C16H16. The monoisotopic (exact) mass is 208 g/mol. The van der Waals surface area contributed by atoms with Crippen LogP contribution >= 0.6 is 0 Å². The normalized spacial score (nSPS) is 15.1. The molecule has 0 heterocycles. The molecule has 0 amide bonds. The highest BCUT2D eigenvalue weighted by molar-refractivity contribution is 5.44. The van der Waals surface area contributed by atoms with Crippen molar-refractivity contribution in [2.75, 3.05) is 0 Å². The third kappa shape index (κ3) is 1.46. The maximum atomic E-state index is 2.32. The molecule has 1 aliphatic rings. The minimum Gasteiger partial charge on any atom is -0.0620 e. The van der Waals surface area contributed by atoms with Gasteiger partial charge in [0.1, 0.15) is 0 Å². The van der Waals surface area contributed by atoms with Crippen LogP contribution in [0.25, 0.3) is 0 Å². The number of benzene rings is 2.